The highest BCUT2D eigenvalue weighted by atomic mass is 33.1. The van der Waals surface area contributed by atoms with Crippen LogP contribution in [-0.2, 0) is 4.74 Å². The van der Waals surface area contributed by atoms with Crippen LogP contribution < -0.4 is 5.32 Å². The van der Waals surface area contributed by atoms with Crippen molar-refractivity contribution in [3.8, 4) is 0 Å². The average Bonchev–Trinajstić information content (AvgIpc) is 2.44. The number of amides is 1. The summed E-state index contributed by atoms with van der Waals surface area (Å²) >= 11 is 4.18. The van der Waals surface area contributed by atoms with Crippen molar-refractivity contribution in [3.05, 3.63) is 0 Å². The molecule has 80 valence electrons. The molecule has 0 aromatic rings. The van der Waals surface area contributed by atoms with Crippen LogP contribution in [0.5, 0.6) is 0 Å². The van der Waals surface area contributed by atoms with Crippen LogP contribution in [0.25, 0.3) is 0 Å². The number of carbonyl (C=O) groups excluding carboxylic acids is 1. The van der Waals surface area contributed by atoms with Crippen LogP contribution in [0.15, 0.2) is 0 Å². The second kappa shape index (κ2) is 4.20. The van der Waals surface area contributed by atoms with Gasteiger partial charge in [0.05, 0.1) is 6.54 Å². The van der Waals surface area contributed by atoms with Crippen LogP contribution in [0.4, 0.5) is 4.79 Å². The molecule has 0 aromatic heterocycles. The molecule has 0 saturated carbocycles. The summed E-state index contributed by atoms with van der Waals surface area (Å²) in [5.41, 5.74) is -0.241. The molecule has 1 spiro atoms. The molecule has 1 atom stereocenters. The lowest BCUT2D eigenvalue weighted by Gasteiger charge is -2.24. The van der Waals surface area contributed by atoms with Gasteiger partial charge in [-0.1, -0.05) is 11.7 Å². The number of carbonyl (C=O) groups is 1. The van der Waals surface area contributed by atoms with Gasteiger partial charge in [-0.25, -0.2) is 9.10 Å². The minimum atomic E-state index is -0.267. The van der Waals surface area contributed by atoms with Crippen LogP contribution in [-0.4, -0.2) is 35.6 Å². The summed E-state index contributed by atoms with van der Waals surface area (Å²) in [6.07, 6.45) is 2.65. The maximum atomic E-state index is 11.0. The molecule has 4 nitrogen and oxygen atoms in total. The highest BCUT2D eigenvalue weighted by Crippen LogP contribution is 2.31. The smallest absolute Gasteiger partial charge is 0.407 e. The van der Waals surface area contributed by atoms with Gasteiger partial charge in [-0.2, -0.15) is 0 Å². The van der Waals surface area contributed by atoms with E-state index in [1.54, 1.807) is 0 Å². The van der Waals surface area contributed by atoms with Crippen molar-refractivity contribution < 1.29 is 9.53 Å². The maximum Gasteiger partial charge on any atom is 0.407 e. The molecule has 0 aromatic carbocycles. The molecule has 0 radical (unpaired) electrons. The van der Waals surface area contributed by atoms with E-state index in [0.717, 1.165) is 32.4 Å². The molecule has 1 amide bonds. The van der Waals surface area contributed by atoms with Crippen molar-refractivity contribution in [3.63, 3.8) is 0 Å². The first-order valence-electron chi connectivity index (χ1n) is 4.77. The van der Waals surface area contributed by atoms with Gasteiger partial charge >= 0.3 is 6.09 Å². The molecule has 2 fully saturated rings. The molecule has 6 heteroatoms. The second-order valence-electron chi connectivity index (χ2n) is 3.79. The van der Waals surface area contributed by atoms with Gasteiger partial charge in [0.15, 0.2) is 0 Å². The Morgan fingerprint density at radius 1 is 1.50 bits per heavy atom. The molecule has 0 aliphatic carbocycles. The molecule has 2 rings (SSSR count). The Morgan fingerprint density at radius 2 is 2.36 bits per heavy atom. The second-order valence-corrected chi connectivity index (χ2v) is 4.96. The summed E-state index contributed by atoms with van der Waals surface area (Å²) in [4.78, 5) is 11.0. The molecule has 1 unspecified atom stereocenters. The third kappa shape index (κ3) is 2.12. The lowest BCUT2D eigenvalue weighted by Crippen LogP contribution is -2.34. The number of rotatable bonds is 1. The third-order valence-electron chi connectivity index (χ3n) is 2.84. The highest BCUT2D eigenvalue weighted by Gasteiger charge is 2.41. The number of hydrogen-bond acceptors (Lipinski definition) is 5. The van der Waals surface area contributed by atoms with E-state index in [9.17, 15) is 4.79 Å². The number of nitrogens with one attached hydrogen (secondary N) is 1. The fourth-order valence-electron chi connectivity index (χ4n) is 2.01. The molecule has 2 saturated heterocycles. The first kappa shape index (κ1) is 10.4. The van der Waals surface area contributed by atoms with E-state index in [0.29, 0.717) is 6.54 Å². The Balaban J connectivity index is 1.97. The van der Waals surface area contributed by atoms with Crippen molar-refractivity contribution in [2.45, 2.75) is 24.9 Å². The van der Waals surface area contributed by atoms with E-state index in [2.05, 4.69) is 21.3 Å². The maximum absolute atomic E-state index is 11.0. The van der Waals surface area contributed by atoms with Gasteiger partial charge in [-0.05, 0) is 23.8 Å². The zero-order valence-corrected chi connectivity index (χ0v) is 9.57. The van der Waals surface area contributed by atoms with Gasteiger partial charge in [-0.15, -0.1) is 0 Å². The largest absolute Gasteiger partial charge is 0.441 e. The summed E-state index contributed by atoms with van der Waals surface area (Å²) in [5, 5.41) is 2.74. The van der Waals surface area contributed by atoms with Gasteiger partial charge < -0.3 is 10.1 Å². The Hall–Kier alpha value is -0.0700. The Morgan fingerprint density at radius 3 is 3.00 bits per heavy atom. The quantitative estimate of drug-likeness (QED) is 0.409. The minimum Gasteiger partial charge on any atom is -0.441 e. The van der Waals surface area contributed by atoms with Crippen LogP contribution in [0, 0.1) is 0 Å². The lowest BCUT2D eigenvalue weighted by molar-refractivity contribution is 0.0461. The van der Waals surface area contributed by atoms with Gasteiger partial charge in [-0.3, -0.25) is 0 Å². The van der Waals surface area contributed by atoms with Crippen molar-refractivity contribution in [1.29, 1.82) is 0 Å². The minimum absolute atomic E-state index is 0.241. The first-order chi connectivity index (χ1) is 6.74. The van der Waals surface area contributed by atoms with Crippen LogP contribution in [0.3, 0.4) is 0 Å². The third-order valence-corrected chi connectivity index (χ3v) is 4.13. The zero-order valence-electron chi connectivity index (χ0n) is 7.86. The summed E-state index contributed by atoms with van der Waals surface area (Å²) in [5.74, 6) is 0. The molecule has 14 heavy (non-hydrogen) atoms. The first-order valence-corrected chi connectivity index (χ1v) is 6.60. The summed E-state index contributed by atoms with van der Waals surface area (Å²) < 4.78 is 7.55. The zero-order chi connectivity index (χ0) is 10.0. The van der Waals surface area contributed by atoms with Gasteiger partial charge in [0.2, 0.25) is 0 Å². The molecular formula is C8H14N2O2S2. The van der Waals surface area contributed by atoms with Crippen molar-refractivity contribution >= 4 is 28.7 Å². The Labute approximate surface area is 92.7 Å². The Bertz CT molecular complexity index is 239. The van der Waals surface area contributed by atoms with E-state index in [1.165, 1.54) is 11.0 Å². The van der Waals surface area contributed by atoms with Crippen LogP contribution in [0.1, 0.15) is 19.3 Å². The fraction of sp³-hybridized carbons (Fsp3) is 0.875. The Kier molecular flexibility index (Phi) is 3.14. The van der Waals surface area contributed by atoms with Gasteiger partial charge in [0, 0.05) is 19.5 Å². The SMILES string of the molecule is O=C1NCC2(CCCN(SS)CC2)O1. The van der Waals surface area contributed by atoms with Crippen LogP contribution >= 0.6 is 22.6 Å². The van der Waals surface area contributed by atoms with Crippen molar-refractivity contribution in [1.82, 2.24) is 9.62 Å². The van der Waals surface area contributed by atoms with E-state index < -0.39 is 0 Å². The molecule has 2 heterocycles. The van der Waals surface area contributed by atoms with Gasteiger partial charge in [0.1, 0.15) is 5.60 Å². The summed E-state index contributed by atoms with van der Waals surface area (Å²) in [6, 6.07) is 0. The van der Waals surface area contributed by atoms with E-state index in [1.807, 2.05) is 0 Å². The van der Waals surface area contributed by atoms with E-state index in [4.69, 9.17) is 4.74 Å². The number of nitrogens with zero attached hydrogens (tertiary/aromatic N) is 1. The summed E-state index contributed by atoms with van der Waals surface area (Å²) in [7, 11) is 1.47. The molecule has 2 aliphatic rings. The number of ether oxygens (including phenoxy) is 1. The van der Waals surface area contributed by atoms with E-state index >= 15 is 0 Å². The number of hydrogen-bond donors (Lipinski definition) is 2. The summed E-state index contributed by atoms with van der Waals surface area (Å²) in [6.45, 7) is 2.62. The molecular weight excluding hydrogens is 220 g/mol. The molecule has 2 aliphatic heterocycles. The normalized spacial score (nSPS) is 33.9. The standard InChI is InChI=1S/C8H14N2O2S2/c11-7-9-6-8(12-7)2-1-4-10(14-13)5-3-8/h13H,1-6H2,(H,9,11). The highest BCUT2D eigenvalue weighted by molar-refractivity contribution is 8.67. The lowest BCUT2D eigenvalue weighted by atomic mass is 9.95. The molecule has 1 N–H and O–H groups in total. The molecule has 0 bridgehead atoms. The monoisotopic (exact) mass is 234 g/mol. The number of alkyl carbamates (subject to hydrolysis) is 1. The van der Waals surface area contributed by atoms with Crippen molar-refractivity contribution in [2.24, 2.45) is 0 Å². The van der Waals surface area contributed by atoms with Crippen LogP contribution in [0.2, 0.25) is 0 Å². The van der Waals surface area contributed by atoms with E-state index in [-0.39, 0.29) is 11.7 Å². The predicted octanol–water partition coefficient (Wildman–Crippen LogP) is 1.44. The topological polar surface area (TPSA) is 41.6 Å². The number of thiol groups is 1. The predicted molar refractivity (Wildman–Crippen MR) is 59.2 cm³/mol. The fourth-order valence-corrected chi connectivity index (χ4v) is 2.88. The van der Waals surface area contributed by atoms with Crippen molar-refractivity contribution in [2.75, 3.05) is 19.6 Å². The van der Waals surface area contributed by atoms with Gasteiger partial charge in [0.25, 0.3) is 0 Å². The average molecular weight is 234 g/mol.